The van der Waals surface area contributed by atoms with E-state index in [9.17, 15) is 14.7 Å². The second-order valence-corrected chi connectivity index (χ2v) is 6.86. The lowest BCUT2D eigenvalue weighted by atomic mass is 10.0. The topological polar surface area (TPSA) is 69.4 Å². The van der Waals surface area contributed by atoms with E-state index in [1.54, 1.807) is 19.1 Å². The fourth-order valence-electron chi connectivity index (χ4n) is 1.70. The van der Waals surface area contributed by atoms with Crippen molar-refractivity contribution in [2.24, 2.45) is 0 Å². The molecule has 0 aliphatic carbocycles. The Balaban J connectivity index is 3.41. The SMILES string of the molecule is CCOP(C)(=O)c1cc(C(C)C)ccc1[N+](=O)[O-]. The Hall–Kier alpha value is -1.19. The zero-order valence-corrected chi connectivity index (χ0v) is 11.9. The molecule has 1 atom stereocenters. The van der Waals surface area contributed by atoms with Crippen molar-refractivity contribution < 1.29 is 14.0 Å². The summed E-state index contributed by atoms with van der Waals surface area (Å²) in [5.74, 6) is 0.214. The summed E-state index contributed by atoms with van der Waals surface area (Å²) in [6.07, 6.45) is 0. The Bertz CT molecular complexity index is 499. The van der Waals surface area contributed by atoms with Crippen molar-refractivity contribution in [2.45, 2.75) is 26.7 Å². The Morgan fingerprint density at radius 1 is 1.44 bits per heavy atom. The lowest BCUT2D eigenvalue weighted by Crippen LogP contribution is -2.13. The standard InChI is InChI=1S/C12H18NO4P/c1-5-17-18(4,16)12-8-10(9(2)3)6-7-11(12)13(14)15/h6-9H,5H2,1-4H3. The molecule has 0 amide bonds. The molecular weight excluding hydrogens is 253 g/mol. The molecular formula is C12H18NO4P. The maximum Gasteiger partial charge on any atom is 0.282 e. The molecule has 6 heteroatoms. The fourth-order valence-corrected chi connectivity index (χ4v) is 3.28. The fraction of sp³-hybridized carbons (Fsp3) is 0.500. The normalized spacial score (nSPS) is 14.5. The van der Waals surface area contributed by atoms with Crippen molar-refractivity contribution in [1.29, 1.82) is 0 Å². The minimum Gasteiger partial charge on any atom is -0.326 e. The molecule has 0 saturated carbocycles. The van der Waals surface area contributed by atoms with Crippen LogP contribution in [0.5, 0.6) is 0 Å². The minimum absolute atomic E-state index is 0.140. The summed E-state index contributed by atoms with van der Waals surface area (Å²) in [7, 11) is -3.14. The highest BCUT2D eigenvalue weighted by Gasteiger charge is 2.29. The molecule has 18 heavy (non-hydrogen) atoms. The molecule has 0 N–H and O–H groups in total. The van der Waals surface area contributed by atoms with Gasteiger partial charge in [-0.3, -0.25) is 14.7 Å². The smallest absolute Gasteiger partial charge is 0.282 e. The van der Waals surface area contributed by atoms with Crippen molar-refractivity contribution in [3.8, 4) is 0 Å². The van der Waals surface area contributed by atoms with E-state index in [-0.39, 0.29) is 23.5 Å². The number of nitro benzene ring substituents is 1. The second-order valence-electron chi connectivity index (χ2n) is 4.42. The van der Waals surface area contributed by atoms with Gasteiger partial charge in [0.05, 0.1) is 11.5 Å². The third kappa shape index (κ3) is 3.18. The first-order valence-corrected chi connectivity index (χ1v) is 7.87. The third-order valence-corrected chi connectivity index (χ3v) is 4.66. The third-order valence-electron chi connectivity index (χ3n) is 2.68. The van der Waals surface area contributed by atoms with E-state index in [2.05, 4.69) is 0 Å². The Morgan fingerprint density at radius 2 is 2.06 bits per heavy atom. The molecule has 100 valence electrons. The molecule has 0 aliphatic heterocycles. The van der Waals surface area contributed by atoms with Gasteiger partial charge < -0.3 is 4.52 Å². The molecule has 0 spiro atoms. The maximum absolute atomic E-state index is 12.4. The van der Waals surface area contributed by atoms with Crippen LogP contribution in [0.3, 0.4) is 0 Å². The molecule has 0 fully saturated rings. The molecule has 0 aromatic heterocycles. The van der Waals surface area contributed by atoms with Crippen LogP contribution in [0.2, 0.25) is 0 Å². The van der Waals surface area contributed by atoms with Crippen molar-refractivity contribution in [3.63, 3.8) is 0 Å². The van der Waals surface area contributed by atoms with E-state index in [0.29, 0.717) is 0 Å². The maximum atomic E-state index is 12.4. The first-order chi connectivity index (χ1) is 8.29. The predicted octanol–water partition coefficient (Wildman–Crippen LogP) is 3.29. The van der Waals surface area contributed by atoms with Crippen molar-refractivity contribution in [1.82, 2.24) is 0 Å². The molecule has 0 aliphatic rings. The van der Waals surface area contributed by atoms with Gasteiger partial charge in [-0.1, -0.05) is 19.9 Å². The molecule has 1 unspecified atom stereocenters. The number of benzene rings is 1. The van der Waals surface area contributed by atoms with Crippen LogP contribution < -0.4 is 5.30 Å². The average molecular weight is 271 g/mol. The van der Waals surface area contributed by atoms with Crippen LogP contribution in [-0.2, 0) is 9.09 Å². The summed E-state index contributed by atoms with van der Waals surface area (Å²) >= 11 is 0. The van der Waals surface area contributed by atoms with Gasteiger partial charge in [0.2, 0.25) is 7.37 Å². The number of nitro groups is 1. The van der Waals surface area contributed by atoms with Gasteiger partial charge >= 0.3 is 0 Å². The highest BCUT2D eigenvalue weighted by Crippen LogP contribution is 2.44. The Morgan fingerprint density at radius 3 is 2.50 bits per heavy atom. The van der Waals surface area contributed by atoms with E-state index >= 15 is 0 Å². The number of nitrogens with zero attached hydrogens (tertiary/aromatic N) is 1. The lowest BCUT2D eigenvalue weighted by molar-refractivity contribution is -0.383. The number of hydrogen-bond donors (Lipinski definition) is 0. The first kappa shape index (κ1) is 14.9. The van der Waals surface area contributed by atoms with Crippen LogP contribution in [0.1, 0.15) is 32.3 Å². The van der Waals surface area contributed by atoms with Crippen molar-refractivity contribution in [3.05, 3.63) is 33.9 Å². The monoisotopic (exact) mass is 271 g/mol. The van der Waals surface area contributed by atoms with Gasteiger partial charge in [-0.25, -0.2) is 0 Å². The summed E-state index contributed by atoms with van der Waals surface area (Å²) in [6.45, 7) is 7.35. The van der Waals surface area contributed by atoms with Gasteiger partial charge in [0.1, 0.15) is 5.30 Å². The lowest BCUT2D eigenvalue weighted by Gasteiger charge is -2.15. The molecule has 1 aromatic carbocycles. The van der Waals surface area contributed by atoms with Crippen LogP contribution in [0, 0.1) is 10.1 Å². The Labute approximate surface area is 107 Å². The highest BCUT2D eigenvalue weighted by molar-refractivity contribution is 7.66. The van der Waals surface area contributed by atoms with Crippen LogP contribution in [0.25, 0.3) is 0 Å². The van der Waals surface area contributed by atoms with Gasteiger partial charge in [-0.15, -0.1) is 0 Å². The summed E-state index contributed by atoms with van der Waals surface area (Å²) in [6, 6.07) is 4.72. The summed E-state index contributed by atoms with van der Waals surface area (Å²) in [5.41, 5.74) is 0.774. The quantitative estimate of drug-likeness (QED) is 0.468. The second kappa shape index (κ2) is 5.63. The minimum atomic E-state index is -3.14. The molecule has 0 heterocycles. The van der Waals surface area contributed by atoms with Crippen molar-refractivity contribution in [2.75, 3.05) is 13.3 Å². The molecule has 5 nitrogen and oxygen atoms in total. The largest absolute Gasteiger partial charge is 0.326 e. The zero-order valence-electron chi connectivity index (χ0n) is 11.0. The number of rotatable bonds is 5. The molecule has 0 bridgehead atoms. The van der Waals surface area contributed by atoms with Crippen LogP contribution in [0.15, 0.2) is 18.2 Å². The van der Waals surface area contributed by atoms with Crippen molar-refractivity contribution >= 4 is 18.4 Å². The van der Waals surface area contributed by atoms with E-state index in [1.807, 2.05) is 13.8 Å². The zero-order chi connectivity index (χ0) is 13.9. The summed E-state index contributed by atoms with van der Waals surface area (Å²) in [4.78, 5) is 10.5. The van der Waals surface area contributed by atoms with Gasteiger partial charge in [0, 0.05) is 12.7 Å². The van der Waals surface area contributed by atoms with E-state index < -0.39 is 12.3 Å². The molecule has 0 radical (unpaired) electrons. The van der Waals surface area contributed by atoms with Crippen LogP contribution in [0.4, 0.5) is 5.69 Å². The highest BCUT2D eigenvalue weighted by atomic mass is 31.2. The van der Waals surface area contributed by atoms with E-state index in [4.69, 9.17) is 4.52 Å². The van der Waals surface area contributed by atoms with E-state index in [1.165, 1.54) is 12.7 Å². The summed E-state index contributed by atoms with van der Waals surface area (Å²) < 4.78 is 17.6. The number of hydrogen-bond acceptors (Lipinski definition) is 4. The van der Waals surface area contributed by atoms with Gasteiger partial charge in [0.15, 0.2) is 0 Å². The molecule has 1 rings (SSSR count). The average Bonchev–Trinajstić information content (AvgIpc) is 2.27. The molecule has 1 aromatic rings. The molecule has 0 saturated heterocycles. The van der Waals surface area contributed by atoms with Gasteiger partial charge in [-0.05, 0) is 24.5 Å². The van der Waals surface area contributed by atoms with Gasteiger partial charge in [-0.2, -0.15) is 0 Å². The van der Waals surface area contributed by atoms with Crippen LogP contribution >= 0.6 is 7.37 Å². The first-order valence-electron chi connectivity index (χ1n) is 5.80. The van der Waals surface area contributed by atoms with Crippen LogP contribution in [-0.4, -0.2) is 18.2 Å². The predicted molar refractivity (Wildman–Crippen MR) is 72.0 cm³/mol. The Kier molecular flexibility index (Phi) is 4.65. The van der Waals surface area contributed by atoms with Gasteiger partial charge in [0.25, 0.3) is 5.69 Å². The summed E-state index contributed by atoms with van der Waals surface area (Å²) in [5, 5.41) is 11.2. The van der Waals surface area contributed by atoms with E-state index in [0.717, 1.165) is 5.56 Å².